The molecule has 2 rings (SSSR count). The highest BCUT2D eigenvalue weighted by atomic mass is 16.5. The molecule has 1 atom stereocenters. The standard InChI is InChI=1S/C18H23NO4/c1-4-23-18(21)14-6-5-7-17(20)19(2)16(12-14)13-8-10-15(22-3)11-9-13/h8-12,14H,4-7H2,1-3H3/b16-12-. The van der Waals surface area contributed by atoms with Crippen molar-refractivity contribution in [3.8, 4) is 5.75 Å². The number of amides is 1. The minimum absolute atomic E-state index is 0.0503. The van der Waals surface area contributed by atoms with Crippen molar-refractivity contribution in [1.29, 1.82) is 0 Å². The Hall–Kier alpha value is -2.30. The van der Waals surface area contributed by atoms with Crippen LogP contribution in [0.1, 0.15) is 31.7 Å². The van der Waals surface area contributed by atoms with Crippen molar-refractivity contribution in [1.82, 2.24) is 4.90 Å². The van der Waals surface area contributed by atoms with E-state index in [1.54, 1.807) is 26.0 Å². The molecule has 0 N–H and O–H groups in total. The Morgan fingerprint density at radius 2 is 2.00 bits per heavy atom. The van der Waals surface area contributed by atoms with Gasteiger partial charge in [-0.2, -0.15) is 0 Å². The van der Waals surface area contributed by atoms with Gasteiger partial charge in [-0.15, -0.1) is 0 Å². The van der Waals surface area contributed by atoms with Gasteiger partial charge in [-0.25, -0.2) is 0 Å². The van der Waals surface area contributed by atoms with Crippen LogP contribution in [0.2, 0.25) is 0 Å². The van der Waals surface area contributed by atoms with Gasteiger partial charge in [0.2, 0.25) is 5.91 Å². The van der Waals surface area contributed by atoms with Crippen LogP contribution >= 0.6 is 0 Å². The molecule has 0 saturated carbocycles. The summed E-state index contributed by atoms with van der Waals surface area (Å²) in [5, 5.41) is 0. The van der Waals surface area contributed by atoms with E-state index in [9.17, 15) is 9.59 Å². The van der Waals surface area contributed by atoms with Crippen molar-refractivity contribution >= 4 is 17.6 Å². The largest absolute Gasteiger partial charge is 0.497 e. The predicted octanol–water partition coefficient (Wildman–Crippen LogP) is 2.86. The summed E-state index contributed by atoms with van der Waals surface area (Å²) in [6.07, 6.45) is 3.58. The molecular weight excluding hydrogens is 294 g/mol. The zero-order valence-corrected chi connectivity index (χ0v) is 13.9. The third-order valence-electron chi connectivity index (χ3n) is 3.98. The molecule has 0 bridgehead atoms. The number of ether oxygens (including phenoxy) is 2. The molecule has 0 aromatic heterocycles. The fourth-order valence-electron chi connectivity index (χ4n) is 2.65. The number of carbonyl (C=O) groups excluding carboxylic acids is 2. The zero-order valence-electron chi connectivity index (χ0n) is 13.9. The summed E-state index contributed by atoms with van der Waals surface area (Å²) in [6.45, 7) is 2.15. The maximum Gasteiger partial charge on any atom is 0.312 e. The molecule has 1 amide bonds. The van der Waals surface area contributed by atoms with Gasteiger partial charge in [-0.1, -0.05) is 0 Å². The molecular formula is C18H23NO4. The van der Waals surface area contributed by atoms with Crippen LogP contribution in [-0.2, 0) is 14.3 Å². The highest BCUT2D eigenvalue weighted by molar-refractivity contribution is 5.88. The van der Waals surface area contributed by atoms with Crippen molar-refractivity contribution < 1.29 is 19.1 Å². The first-order valence-electron chi connectivity index (χ1n) is 7.86. The molecule has 0 aliphatic carbocycles. The summed E-state index contributed by atoms with van der Waals surface area (Å²) in [6, 6.07) is 7.45. The van der Waals surface area contributed by atoms with E-state index in [4.69, 9.17) is 9.47 Å². The molecule has 0 fully saturated rings. The Bertz CT molecular complexity index is 592. The molecule has 1 aliphatic heterocycles. The van der Waals surface area contributed by atoms with Crippen LogP contribution in [0.3, 0.4) is 0 Å². The number of hydrogen-bond acceptors (Lipinski definition) is 4. The van der Waals surface area contributed by atoms with E-state index >= 15 is 0 Å². The smallest absolute Gasteiger partial charge is 0.312 e. The molecule has 1 aromatic carbocycles. The lowest BCUT2D eigenvalue weighted by molar-refractivity contribution is -0.146. The topological polar surface area (TPSA) is 55.8 Å². The van der Waals surface area contributed by atoms with Gasteiger partial charge in [0.05, 0.1) is 19.6 Å². The monoisotopic (exact) mass is 317 g/mol. The van der Waals surface area contributed by atoms with Crippen molar-refractivity contribution in [3.05, 3.63) is 35.9 Å². The number of benzene rings is 1. The lowest BCUT2D eigenvalue weighted by Gasteiger charge is -2.26. The maximum absolute atomic E-state index is 12.2. The van der Waals surface area contributed by atoms with Crippen molar-refractivity contribution in [2.75, 3.05) is 20.8 Å². The Labute approximate surface area is 136 Å². The van der Waals surface area contributed by atoms with Crippen LogP contribution in [0.4, 0.5) is 0 Å². The van der Waals surface area contributed by atoms with Gasteiger partial charge in [-0.05, 0) is 55.7 Å². The molecule has 124 valence electrons. The van der Waals surface area contributed by atoms with Crippen molar-refractivity contribution in [2.45, 2.75) is 26.2 Å². The molecule has 23 heavy (non-hydrogen) atoms. The Morgan fingerprint density at radius 1 is 1.30 bits per heavy atom. The first-order chi connectivity index (χ1) is 11.1. The summed E-state index contributed by atoms with van der Waals surface area (Å²) < 4.78 is 10.3. The van der Waals surface area contributed by atoms with E-state index in [0.717, 1.165) is 17.0 Å². The van der Waals surface area contributed by atoms with E-state index in [1.807, 2.05) is 30.3 Å². The highest BCUT2D eigenvalue weighted by Gasteiger charge is 2.25. The average Bonchev–Trinajstić information content (AvgIpc) is 2.56. The second-order valence-electron chi connectivity index (χ2n) is 5.48. The molecule has 0 saturated heterocycles. The van der Waals surface area contributed by atoms with Crippen LogP contribution in [0, 0.1) is 5.92 Å². The Morgan fingerprint density at radius 3 is 2.61 bits per heavy atom. The van der Waals surface area contributed by atoms with E-state index in [1.165, 1.54) is 0 Å². The average molecular weight is 317 g/mol. The summed E-state index contributed by atoms with van der Waals surface area (Å²) in [7, 11) is 3.35. The molecule has 5 nitrogen and oxygen atoms in total. The fourth-order valence-corrected chi connectivity index (χ4v) is 2.65. The molecule has 1 heterocycles. The number of nitrogens with zero attached hydrogens (tertiary/aromatic N) is 1. The minimum atomic E-state index is -0.331. The van der Waals surface area contributed by atoms with Crippen LogP contribution in [0.5, 0.6) is 5.75 Å². The maximum atomic E-state index is 12.2. The minimum Gasteiger partial charge on any atom is -0.497 e. The van der Waals surface area contributed by atoms with Gasteiger partial charge in [0.15, 0.2) is 0 Å². The summed E-state index contributed by atoms with van der Waals surface area (Å²) in [5.41, 5.74) is 1.60. The third-order valence-corrected chi connectivity index (χ3v) is 3.98. The van der Waals surface area contributed by atoms with E-state index in [-0.39, 0.29) is 17.8 Å². The SMILES string of the molecule is CCOC(=O)C1/C=C(/c2ccc(OC)cc2)N(C)C(=O)CCC1. The Balaban J connectivity index is 2.39. The summed E-state index contributed by atoms with van der Waals surface area (Å²) in [4.78, 5) is 26.0. The lowest BCUT2D eigenvalue weighted by atomic mass is 9.95. The van der Waals surface area contributed by atoms with Crippen molar-refractivity contribution in [2.24, 2.45) is 5.92 Å². The van der Waals surface area contributed by atoms with E-state index in [0.29, 0.717) is 25.9 Å². The van der Waals surface area contributed by atoms with E-state index < -0.39 is 0 Å². The summed E-state index contributed by atoms with van der Waals surface area (Å²) in [5.74, 6) is 0.231. The zero-order chi connectivity index (χ0) is 16.8. The van der Waals surface area contributed by atoms with Crippen LogP contribution in [0.25, 0.3) is 5.70 Å². The molecule has 1 aromatic rings. The number of hydrogen-bond donors (Lipinski definition) is 0. The van der Waals surface area contributed by atoms with E-state index in [2.05, 4.69) is 0 Å². The number of rotatable bonds is 4. The number of methoxy groups -OCH3 is 1. The number of esters is 1. The fraction of sp³-hybridized carbons (Fsp3) is 0.444. The van der Waals surface area contributed by atoms with Gasteiger partial charge in [-0.3, -0.25) is 9.59 Å². The normalized spacial score (nSPS) is 21.0. The van der Waals surface area contributed by atoms with Crippen LogP contribution in [-0.4, -0.2) is 37.5 Å². The van der Waals surface area contributed by atoms with Gasteiger partial charge in [0.25, 0.3) is 0 Å². The first kappa shape index (κ1) is 17.1. The van der Waals surface area contributed by atoms with Gasteiger partial charge in [0, 0.05) is 19.2 Å². The number of carbonyl (C=O) groups is 2. The van der Waals surface area contributed by atoms with Crippen molar-refractivity contribution in [3.63, 3.8) is 0 Å². The Kier molecular flexibility index (Phi) is 5.79. The predicted molar refractivity (Wildman–Crippen MR) is 87.7 cm³/mol. The first-order valence-corrected chi connectivity index (χ1v) is 7.86. The summed E-state index contributed by atoms with van der Waals surface area (Å²) >= 11 is 0. The lowest BCUT2D eigenvalue weighted by Crippen LogP contribution is -2.29. The molecule has 0 spiro atoms. The van der Waals surface area contributed by atoms with Crippen LogP contribution < -0.4 is 4.74 Å². The second kappa shape index (κ2) is 7.81. The van der Waals surface area contributed by atoms with Gasteiger partial charge in [0.1, 0.15) is 5.75 Å². The van der Waals surface area contributed by atoms with Crippen LogP contribution in [0.15, 0.2) is 30.3 Å². The van der Waals surface area contributed by atoms with Gasteiger partial charge < -0.3 is 14.4 Å². The quantitative estimate of drug-likeness (QED) is 0.801. The molecule has 1 aliphatic rings. The third kappa shape index (κ3) is 4.12. The molecule has 5 heteroatoms. The second-order valence-corrected chi connectivity index (χ2v) is 5.48. The molecule has 1 unspecified atom stereocenters. The van der Waals surface area contributed by atoms with Gasteiger partial charge >= 0.3 is 5.97 Å². The molecule has 0 radical (unpaired) electrons. The highest BCUT2D eigenvalue weighted by Crippen LogP contribution is 2.28.